The fourth-order valence-corrected chi connectivity index (χ4v) is 2.21. The van der Waals surface area contributed by atoms with Crippen molar-refractivity contribution in [1.29, 1.82) is 0 Å². The lowest BCUT2D eigenvalue weighted by Gasteiger charge is -2.02. The summed E-state index contributed by atoms with van der Waals surface area (Å²) >= 11 is 3.19. The average molecular weight is 301 g/mol. The zero-order valence-electron chi connectivity index (χ0n) is 10.1. The summed E-state index contributed by atoms with van der Waals surface area (Å²) < 4.78 is 13.7. The summed E-state index contributed by atoms with van der Waals surface area (Å²) in [5.41, 5.74) is 0.465. The highest BCUT2D eigenvalue weighted by molar-refractivity contribution is 9.10. The molecule has 0 atom stereocenters. The molecule has 1 rings (SSSR count). The van der Waals surface area contributed by atoms with E-state index in [1.54, 1.807) is 6.07 Å². The van der Waals surface area contributed by atoms with E-state index in [1.165, 1.54) is 31.4 Å². The van der Waals surface area contributed by atoms with Crippen molar-refractivity contribution in [3.05, 3.63) is 34.1 Å². The van der Waals surface area contributed by atoms with Crippen molar-refractivity contribution < 1.29 is 9.18 Å². The van der Waals surface area contributed by atoms with E-state index in [1.807, 2.05) is 0 Å². The third-order valence-electron chi connectivity index (χ3n) is 2.69. The first-order valence-electron chi connectivity index (χ1n) is 6.12. The summed E-state index contributed by atoms with van der Waals surface area (Å²) in [6.07, 6.45) is 6.09. The maximum Gasteiger partial charge on any atom is 0.163 e. The largest absolute Gasteiger partial charge is 0.294 e. The van der Waals surface area contributed by atoms with Crippen molar-refractivity contribution in [2.45, 2.75) is 45.4 Å². The van der Waals surface area contributed by atoms with E-state index in [-0.39, 0.29) is 11.6 Å². The van der Waals surface area contributed by atoms with Crippen LogP contribution in [-0.4, -0.2) is 5.78 Å². The van der Waals surface area contributed by atoms with Crippen LogP contribution in [0.3, 0.4) is 0 Å². The molecule has 0 radical (unpaired) electrons. The number of benzene rings is 1. The Morgan fingerprint density at radius 3 is 2.53 bits per heavy atom. The van der Waals surface area contributed by atoms with Gasteiger partial charge in [0.15, 0.2) is 5.78 Å². The molecule has 0 saturated carbocycles. The Bertz CT molecular complexity index is 356. The summed E-state index contributed by atoms with van der Waals surface area (Å²) in [7, 11) is 0. The van der Waals surface area contributed by atoms with E-state index < -0.39 is 0 Å². The number of carbonyl (C=O) groups excluding carboxylic acids is 1. The van der Waals surface area contributed by atoms with Crippen molar-refractivity contribution >= 4 is 21.7 Å². The van der Waals surface area contributed by atoms with E-state index >= 15 is 0 Å². The smallest absolute Gasteiger partial charge is 0.163 e. The molecule has 0 aliphatic carbocycles. The zero-order valence-corrected chi connectivity index (χ0v) is 11.7. The van der Waals surface area contributed by atoms with E-state index in [0.29, 0.717) is 16.5 Å². The first-order chi connectivity index (χ1) is 8.13. The number of ketones is 1. The van der Waals surface area contributed by atoms with E-state index in [0.717, 1.165) is 12.8 Å². The molecule has 0 N–H and O–H groups in total. The molecule has 1 aromatic rings. The maximum atomic E-state index is 13.1. The third-order valence-corrected chi connectivity index (χ3v) is 3.15. The molecule has 0 heterocycles. The van der Waals surface area contributed by atoms with Crippen LogP contribution in [0.15, 0.2) is 22.7 Å². The van der Waals surface area contributed by atoms with Gasteiger partial charge in [-0.2, -0.15) is 0 Å². The van der Waals surface area contributed by atoms with Crippen molar-refractivity contribution in [1.82, 2.24) is 0 Å². The Morgan fingerprint density at radius 1 is 1.18 bits per heavy atom. The second-order valence-corrected chi connectivity index (χ2v) is 5.16. The van der Waals surface area contributed by atoms with Crippen molar-refractivity contribution in [2.24, 2.45) is 0 Å². The van der Waals surface area contributed by atoms with Crippen LogP contribution in [0.25, 0.3) is 0 Å². The van der Waals surface area contributed by atoms with Gasteiger partial charge in [-0.05, 0) is 24.6 Å². The number of hydrogen-bond acceptors (Lipinski definition) is 1. The SMILES string of the molecule is CCCCCCCC(=O)c1cc(F)cc(Br)c1. The molecule has 0 aromatic heterocycles. The lowest BCUT2D eigenvalue weighted by molar-refractivity contribution is 0.0978. The predicted octanol–water partition coefficient (Wildman–Crippen LogP) is 5.13. The standard InChI is InChI=1S/C14H18BrFO/c1-2-3-4-5-6-7-14(17)11-8-12(15)10-13(16)9-11/h8-10H,2-7H2,1H3. The molecule has 0 fully saturated rings. The number of hydrogen-bond donors (Lipinski definition) is 0. The molecule has 0 unspecified atom stereocenters. The molecule has 0 spiro atoms. The van der Waals surface area contributed by atoms with Crippen LogP contribution in [0.5, 0.6) is 0 Å². The molecule has 1 aromatic carbocycles. The Morgan fingerprint density at radius 2 is 1.88 bits per heavy atom. The van der Waals surface area contributed by atoms with Gasteiger partial charge in [0.25, 0.3) is 0 Å². The minimum atomic E-state index is -0.367. The van der Waals surface area contributed by atoms with Gasteiger partial charge in [0.2, 0.25) is 0 Å². The van der Waals surface area contributed by atoms with Crippen LogP contribution < -0.4 is 0 Å². The molecule has 3 heteroatoms. The first-order valence-corrected chi connectivity index (χ1v) is 6.92. The fourth-order valence-electron chi connectivity index (χ4n) is 1.75. The van der Waals surface area contributed by atoms with Gasteiger partial charge in [-0.1, -0.05) is 48.5 Å². The summed E-state index contributed by atoms with van der Waals surface area (Å²) in [6, 6.07) is 4.34. The Kier molecular flexibility index (Phi) is 6.41. The summed E-state index contributed by atoms with van der Waals surface area (Å²) in [5, 5.41) is 0. The first kappa shape index (κ1) is 14.4. The second kappa shape index (κ2) is 7.59. The van der Waals surface area contributed by atoms with Crippen LogP contribution in [0.1, 0.15) is 55.8 Å². The Hall–Kier alpha value is -0.700. The number of rotatable bonds is 7. The molecule has 0 saturated heterocycles. The van der Waals surface area contributed by atoms with Gasteiger partial charge < -0.3 is 0 Å². The summed E-state index contributed by atoms with van der Waals surface area (Å²) in [5.74, 6) is -0.338. The highest BCUT2D eigenvalue weighted by Gasteiger charge is 2.08. The normalized spacial score (nSPS) is 10.5. The van der Waals surface area contributed by atoms with Crippen LogP contribution in [0.2, 0.25) is 0 Å². The van der Waals surface area contributed by atoms with Gasteiger partial charge in [-0.25, -0.2) is 4.39 Å². The van der Waals surface area contributed by atoms with Crippen molar-refractivity contribution in [2.75, 3.05) is 0 Å². The summed E-state index contributed by atoms with van der Waals surface area (Å²) in [6.45, 7) is 2.16. The predicted molar refractivity (Wildman–Crippen MR) is 71.8 cm³/mol. The van der Waals surface area contributed by atoms with Gasteiger partial charge in [0.05, 0.1) is 0 Å². The number of carbonyl (C=O) groups is 1. The lowest BCUT2D eigenvalue weighted by atomic mass is 10.0. The number of halogens is 2. The maximum absolute atomic E-state index is 13.1. The van der Waals surface area contributed by atoms with Crippen LogP contribution >= 0.6 is 15.9 Å². The molecule has 0 amide bonds. The number of unbranched alkanes of at least 4 members (excludes halogenated alkanes) is 4. The van der Waals surface area contributed by atoms with Gasteiger partial charge in [0, 0.05) is 16.5 Å². The zero-order chi connectivity index (χ0) is 12.7. The van der Waals surface area contributed by atoms with E-state index in [4.69, 9.17) is 0 Å². The monoisotopic (exact) mass is 300 g/mol. The molecule has 0 bridgehead atoms. The molecule has 94 valence electrons. The van der Waals surface area contributed by atoms with E-state index in [2.05, 4.69) is 22.9 Å². The fraction of sp³-hybridized carbons (Fsp3) is 0.500. The average Bonchev–Trinajstić information content (AvgIpc) is 2.27. The molecular formula is C14H18BrFO. The highest BCUT2D eigenvalue weighted by atomic mass is 79.9. The Balaban J connectivity index is 2.41. The third kappa shape index (κ3) is 5.44. The minimum absolute atomic E-state index is 0.0294. The molecular weight excluding hydrogens is 283 g/mol. The molecule has 17 heavy (non-hydrogen) atoms. The quantitative estimate of drug-likeness (QED) is 0.504. The van der Waals surface area contributed by atoms with Crippen LogP contribution in [-0.2, 0) is 0 Å². The van der Waals surface area contributed by atoms with Crippen LogP contribution in [0, 0.1) is 5.82 Å². The van der Waals surface area contributed by atoms with Gasteiger partial charge >= 0.3 is 0 Å². The van der Waals surface area contributed by atoms with Gasteiger partial charge in [0.1, 0.15) is 5.82 Å². The number of Topliss-reactive ketones (excluding diaryl/α,β-unsaturated/α-hetero) is 1. The van der Waals surface area contributed by atoms with E-state index in [9.17, 15) is 9.18 Å². The molecule has 1 nitrogen and oxygen atoms in total. The Labute approximate surface area is 111 Å². The molecule has 0 aliphatic rings. The topological polar surface area (TPSA) is 17.1 Å². The van der Waals surface area contributed by atoms with Crippen molar-refractivity contribution in [3.8, 4) is 0 Å². The lowest BCUT2D eigenvalue weighted by Crippen LogP contribution is -1.99. The minimum Gasteiger partial charge on any atom is -0.294 e. The van der Waals surface area contributed by atoms with Crippen LogP contribution in [0.4, 0.5) is 4.39 Å². The van der Waals surface area contributed by atoms with Crippen molar-refractivity contribution in [3.63, 3.8) is 0 Å². The van der Waals surface area contributed by atoms with Gasteiger partial charge in [-0.15, -0.1) is 0 Å². The van der Waals surface area contributed by atoms with Gasteiger partial charge in [-0.3, -0.25) is 4.79 Å². The highest BCUT2D eigenvalue weighted by Crippen LogP contribution is 2.17. The summed E-state index contributed by atoms with van der Waals surface area (Å²) in [4.78, 5) is 11.8. The molecule has 0 aliphatic heterocycles. The second-order valence-electron chi connectivity index (χ2n) is 4.25.